The molecule has 0 aliphatic rings. The third kappa shape index (κ3) is 8.06. The normalized spacial score (nSPS) is 14.9. The van der Waals surface area contributed by atoms with Gasteiger partial charge in [0, 0.05) is 17.5 Å². The molecule has 1 atom stereocenters. The van der Waals surface area contributed by atoms with Crippen LogP contribution in [0, 0.1) is 0 Å². The van der Waals surface area contributed by atoms with Gasteiger partial charge in [0.15, 0.2) is 0 Å². The number of carbonyl (C=O) groups excluding carboxylic acids is 1. The molecule has 0 radical (unpaired) electrons. The molecule has 4 N–H and O–H groups in total. The first-order valence-corrected chi connectivity index (χ1v) is 6.40. The molecule has 0 bridgehead atoms. The second kappa shape index (κ2) is 6.73. The second-order valence-electron chi connectivity index (χ2n) is 5.92. The Balaban J connectivity index is 4.50. The van der Waals surface area contributed by atoms with Crippen LogP contribution in [0.1, 0.15) is 59.8 Å². The molecule has 106 valence electrons. The summed E-state index contributed by atoms with van der Waals surface area (Å²) < 4.78 is 0. The first-order valence-electron chi connectivity index (χ1n) is 6.40. The summed E-state index contributed by atoms with van der Waals surface area (Å²) in [6.07, 6.45) is 2.30. The molecular formula is C13H26N2O3. The third-order valence-corrected chi connectivity index (χ3v) is 2.65. The van der Waals surface area contributed by atoms with Gasteiger partial charge in [-0.1, -0.05) is 13.3 Å². The van der Waals surface area contributed by atoms with Gasteiger partial charge in [-0.05, 0) is 33.6 Å². The van der Waals surface area contributed by atoms with E-state index >= 15 is 0 Å². The maximum atomic E-state index is 11.7. The molecule has 18 heavy (non-hydrogen) atoms. The van der Waals surface area contributed by atoms with Gasteiger partial charge in [-0.15, -0.1) is 0 Å². The lowest BCUT2D eigenvalue weighted by atomic mass is 9.83. The summed E-state index contributed by atoms with van der Waals surface area (Å²) in [7, 11) is 0. The van der Waals surface area contributed by atoms with Crippen molar-refractivity contribution in [2.75, 3.05) is 0 Å². The maximum Gasteiger partial charge on any atom is 0.303 e. The van der Waals surface area contributed by atoms with Crippen LogP contribution in [0.3, 0.4) is 0 Å². The van der Waals surface area contributed by atoms with Crippen LogP contribution in [-0.4, -0.2) is 28.1 Å². The SMILES string of the molecule is CCCC(C)(CC(C)(C)N)NC(=O)CCC(=O)O. The molecule has 0 aromatic heterocycles. The summed E-state index contributed by atoms with van der Waals surface area (Å²) in [6, 6.07) is 0. The maximum absolute atomic E-state index is 11.7. The smallest absolute Gasteiger partial charge is 0.303 e. The standard InChI is InChI=1S/C13H26N2O3/c1-5-8-13(4,9-12(2,3)14)15-10(16)6-7-11(17)18/h5-9,14H2,1-4H3,(H,15,16)(H,17,18). The molecule has 0 fully saturated rings. The molecule has 5 heteroatoms. The Morgan fingerprint density at radius 2 is 1.78 bits per heavy atom. The van der Waals surface area contributed by atoms with Gasteiger partial charge in [0.2, 0.25) is 5.91 Å². The van der Waals surface area contributed by atoms with Crippen molar-refractivity contribution in [3.8, 4) is 0 Å². The van der Waals surface area contributed by atoms with Crippen LogP contribution in [0.4, 0.5) is 0 Å². The van der Waals surface area contributed by atoms with Crippen molar-refractivity contribution in [2.45, 2.75) is 70.9 Å². The van der Waals surface area contributed by atoms with Gasteiger partial charge in [-0.3, -0.25) is 9.59 Å². The Morgan fingerprint density at radius 3 is 2.17 bits per heavy atom. The lowest BCUT2D eigenvalue weighted by Gasteiger charge is -2.36. The molecule has 5 nitrogen and oxygen atoms in total. The highest BCUT2D eigenvalue weighted by Gasteiger charge is 2.30. The summed E-state index contributed by atoms with van der Waals surface area (Å²) in [4.78, 5) is 22.1. The van der Waals surface area contributed by atoms with Crippen molar-refractivity contribution in [3.05, 3.63) is 0 Å². The van der Waals surface area contributed by atoms with E-state index in [2.05, 4.69) is 5.32 Å². The van der Waals surface area contributed by atoms with Gasteiger partial charge in [-0.25, -0.2) is 0 Å². The predicted octanol–water partition coefficient (Wildman–Crippen LogP) is 1.65. The van der Waals surface area contributed by atoms with Crippen molar-refractivity contribution in [2.24, 2.45) is 5.73 Å². The lowest BCUT2D eigenvalue weighted by molar-refractivity contribution is -0.139. The molecule has 0 aliphatic carbocycles. The minimum Gasteiger partial charge on any atom is -0.481 e. The van der Waals surface area contributed by atoms with E-state index in [9.17, 15) is 9.59 Å². The number of rotatable bonds is 8. The first-order chi connectivity index (χ1) is 8.08. The van der Waals surface area contributed by atoms with Gasteiger partial charge >= 0.3 is 5.97 Å². The van der Waals surface area contributed by atoms with Crippen LogP contribution in [0.5, 0.6) is 0 Å². The first kappa shape index (κ1) is 16.9. The molecule has 0 spiro atoms. The summed E-state index contributed by atoms with van der Waals surface area (Å²) >= 11 is 0. The number of carbonyl (C=O) groups is 2. The number of hydrogen-bond donors (Lipinski definition) is 3. The summed E-state index contributed by atoms with van der Waals surface area (Å²) in [5, 5.41) is 11.5. The van der Waals surface area contributed by atoms with Crippen LogP contribution in [0.25, 0.3) is 0 Å². The third-order valence-electron chi connectivity index (χ3n) is 2.65. The predicted molar refractivity (Wildman–Crippen MR) is 71.2 cm³/mol. The van der Waals surface area contributed by atoms with E-state index in [1.54, 1.807) is 0 Å². The zero-order valence-corrected chi connectivity index (χ0v) is 11.9. The Hall–Kier alpha value is -1.10. The fourth-order valence-corrected chi connectivity index (χ4v) is 2.37. The molecular weight excluding hydrogens is 232 g/mol. The molecule has 0 heterocycles. The minimum atomic E-state index is -0.957. The summed E-state index contributed by atoms with van der Waals surface area (Å²) in [5.41, 5.74) is 5.26. The Labute approximate surface area is 109 Å². The fraction of sp³-hybridized carbons (Fsp3) is 0.846. The van der Waals surface area contributed by atoms with Crippen molar-refractivity contribution in [1.82, 2.24) is 5.32 Å². The average molecular weight is 258 g/mol. The molecule has 1 amide bonds. The minimum absolute atomic E-state index is 0.0135. The number of aliphatic carboxylic acids is 1. The highest BCUT2D eigenvalue weighted by atomic mass is 16.4. The molecule has 0 rings (SSSR count). The largest absolute Gasteiger partial charge is 0.481 e. The van der Waals surface area contributed by atoms with Crippen LogP contribution >= 0.6 is 0 Å². The van der Waals surface area contributed by atoms with E-state index in [1.165, 1.54) is 0 Å². The molecule has 0 saturated carbocycles. The number of nitrogens with one attached hydrogen (secondary N) is 1. The number of hydrogen-bond acceptors (Lipinski definition) is 3. The van der Waals surface area contributed by atoms with E-state index in [0.717, 1.165) is 12.8 Å². The van der Waals surface area contributed by atoms with Crippen LogP contribution in [-0.2, 0) is 9.59 Å². The van der Waals surface area contributed by atoms with Gasteiger partial charge < -0.3 is 16.2 Å². The summed E-state index contributed by atoms with van der Waals surface area (Å²) in [5.74, 6) is -1.18. The Morgan fingerprint density at radius 1 is 1.22 bits per heavy atom. The van der Waals surface area contributed by atoms with E-state index in [0.29, 0.717) is 6.42 Å². The van der Waals surface area contributed by atoms with Crippen molar-refractivity contribution >= 4 is 11.9 Å². The second-order valence-corrected chi connectivity index (χ2v) is 5.92. The molecule has 0 aliphatic heterocycles. The number of carboxylic acids is 1. The highest BCUT2D eigenvalue weighted by Crippen LogP contribution is 2.23. The van der Waals surface area contributed by atoms with Crippen molar-refractivity contribution in [1.29, 1.82) is 0 Å². The molecule has 0 aromatic rings. The topological polar surface area (TPSA) is 92.4 Å². The number of carboxylic acid groups (broad SMARTS) is 1. The van der Waals surface area contributed by atoms with Crippen LogP contribution in [0.15, 0.2) is 0 Å². The fourth-order valence-electron chi connectivity index (χ4n) is 2.37. The molecule has 0 aromatic carbocycles. The van der Waals surface area contributed by atoms with E-state index in [1.807, 2.05) is 27.7 Å². The van der Waals surface area contributed by atoms with Crippen LogP contribution in [0.2, 0.25) is 0 Å². The van der Waals surface area contributed by atoms with Crippen molar-refractivity contribution < 1.29 is 14.7 Å². The Bertz CT molecular complexity index is 297. The number of amides is 1. The Kier molecular flexibility index (Phi) is 6.32. The van der Waals surface area contributed by atoms with E-state index in [4.69, 9.17) is 10.8 Å². The number of nitrogens with two attached hydrogens (primary N) is 1. The summed E-state index contributed by atoms with van der Waals surface area (Å²) in [6.45, 7) is 7.85. The van der Waals surface area contributed by atoms with Crippen LogP contribution < -0.4 is 11.1 Å². The zero-order chi connectivity index (χ0) is 14.4. The van der Waals surface area contributed by atoms with Gasteiger partial charge in [0.05, 0.1) is 6.42 Å². The lowest BCUT2D eigenvalue weighted by Crippen LogP contribution is -2.52. The van der Waals surface area contributed by atoms with Gasteiger partial charge in [-0.2, -0.15) is 0 Å². The van der Waals surface area contributed by atoms with E-state index in [-0.39, 0.29) is 29.8 Å². The van der Waals surface area contributed by atoms with Gasteiger partial charge in [0.1, 0.15) is 0 Å². The molecule has 1 unspecified atom stereocenters. The average Bonchev–Trinajstić information content (AvgIpc) is 2.11. The highest BCUT2D eigenvalue weighted by molar-refractivity contribution is 5.81. The zero-order valence-electron chi connectivity index (χ0n) is 11.9. The quantitative estimate of drug-likeness (QED) is 0.617. The van der Waals surface area contributed by atoms with Gasteiger partial charge in [0.25, 0.3) is 0 Å². The molecule has 0 saturated heterocycles. The van der Waals surface area contributed by atoms with E-state index < -0.39 is 5.97 Å². The van der Waals surface area contributed by atoms with Crippen molar-refractivity contribution in [3.63, 3.8) is 0 Å². The monoisotopic (exact) mass is 258 g/mol.